The number of nitrogens with two attached hydrogens (primary N) is 3. The molecule has 0 unspecified atom stereocenters. The first kappa shape index (κ1) is 97.9. The standard InChI is InChI=1S/C96H129N19O18/c1-57-15-11-10-12-16-58(2)76(126-7)47-70-23-18-62(6)96(125,133-70)86(120)90(122)114-28-14-13-17-73(114)91(123)130-78(48-77(127-8)59(3)42-61(5)84(118)85(119)83(117)60(4)41-57)71(97)44-63-20-24-75(79(45-63)128-9)132-95(124)104-51-65-49-100-93(101-50-65)112-36-34-110(35-37-112)80(116)27-39-129-40-38-109-30-32-111(33-31-109)94-102-52-69(53-103-94)89(121)113-29-26-66-43-64(19-21-68(66)55-113)54-115-88-81(87(98)105-56-106-88)82(108-115)67-22-25-74-72(46-67)107-92(99)131-74/h10-12,15-16,19,21-22,25,42-43,46,49-50,52-53,56-57,59-60,62-63,70-71,73,75-79,84-85,118-119,125H,13-14,17-18,20,23-24,26-41,44-45,47-48,51,54-55,97H2,1-9H3,(H2,99,107)(H,104,124)(H2,98,105,106)/b12-10?,15-11+,58-16?,61-42+/t57-,59-,60-,62-,63+,70+,71-,73+,75-,76+,77-,78+,79-,84-,85+,96-/m1/s1. The van der Waals surface area contributed by atoms with Crippen LogP contribution in [0.15, 0.2) is 120 Å². The fraction of sp³-hybridized carbons (Fsp3) is 0.573. The van der Waals surface area contributed by atoms with E-state index >= 15 is 0 Å². The second kappa shape index (κ2) is 44.8. The van der Waals surface area contributed by atoms with Crippen LogP contribution in [0.3, 0.4) is 0 Å². The molecule has 1 saturated carbocycles. The van der Waals surface area contributed by atoms with Crippen molar-refractivity contribution in [3.8, 4) is 11.3 Å². The molecule has 2 aromatic carbocycles. The number of nitrogens with zero attached hydrogens (tertiary/aromatic N) is 15. The molecule has 2 bridgehead atoms. The van der Waals surface area contributed by atoms with E-state index in [4.69, 9.17) is 59.9 Å². The van der Waals surface area contributed by atoms with Gasteiger partial charge in [-0.25, -0.2) is 44.2 Å². The molecular formula is C96H129N19O18. The predicted molar refractivity (Wildman–Crippen MR) is 494 cm³/mol. The number of oxazole rings is 1. The summed E-state index contributed by atoms with van der Waals surface area (Å²) in [4.78, 5) is 141. The van der Waals surface area contributed by atoms with E-state index in [0.29, 0.717) is 205 Å². The van der Waals surface area contributed by atoms with Gasteiger partial charge < -0.3 is 99.9 Å². The first-order valence-corrected chi connectivity index (χ1v) is 46.6. The zero-order chi connectivity index (χ0) is 94.3. The molecule has 0 spiro atoms. The second-order valence-corrected chi connectivity index (χ2v) is 36.7. The lowest BCUT2D eigenvalue weighted by molar-refractivity contribution is -0.265. The number of allylic oxidation sites excluding steroid dienone is 5. The Morgan fingerprint density at radius 3 is 2.18 bits per heavy atom. The molecule has 7 aromatic rings. The second-order valence-electron chi connectivity index (χ2n) is 36.7. The number of Topliss-reactive ketones (excluding diaryl/α,β-unsaturated/α-hetero) is 2. The van der Waals surface area contributed by atoms with Crippen LogP contribution in [0.25, 0.3) is 33.4 Å². The molecule has 10 N–H and O–H groups in total. The first-order chi connectivity index (χ1) is 64.0. The lowest BCUT2D eigenvalue weighted by Crippen LogP contribution is -2.61. The van der Waals surface area contributed by atoms with Crippen LogP contribution in [0.4, 0.5) is 28.5 Å². The van der Waals surface area contributed by atoms with Crippen LogP contribution in [0.5, 0.6) is 0 Å². The minimum absolute atomic E-state index is 0.0107. The van der Waals surface area contributed by atoms with Gasteiger partial charge in [0.15, 0.2) is 17.0 Å². The number of methoxy groups -OCH3 is 3. The van der Waals surface area contributed by atoms with Gasteiger partial charge in [0, 0.05) is 179 Å². The lowest BCUT2D eigenvalue weighted by atomic mass is 9.80. The molecule has 5 fully saturated rings. The average molecular weight is 1840 g/mol. The molecule has 14 rings (SSSR count). The summed E-state index contributed by atoms with van der Waals surface area (Å²) in [5.41, 5.74) is 28.1. The highest BCUT2D eigenvalue weighted by Crippen LogP contribution is 2.40. The van der Waals surface area contributed by atoms with Crippen molar-refractivity contribution in [2.24, 2.45) is 35.3 Å². The van der Waals surface area contributed by atoms with E-state index in [0.717, 1.165) is 40.9 Å². The third-order valence-corrected chi connectivity index (χ3v) is 27.4. The number of anilines is 4. The lowest BCUT2D eigenvalue weighted by Gasteiger charge is -2.43. The zero-order valence-corrected chi connectivity index (χ0v) is 77.6. The third kappa shape index (κ3) is 24.0. The zero-order valence-electron chi connectivity index (χ0n) is 77.6. The van der Waals surface area contributed by atoms with Crippen LogP contribution in [0.2, 0.25) is 0 Å². The van der Waals surface area contributed by atoms with E-state index in [1.165, 1.54) is 18.3 Å². The highest BCUT2D eigenvalue weighted by atomic mass is 16.6. The molecule has 1 aliphatic carbocycles. The van der Waals surface area contributed by atoms with E-state index in [-0.39, 0.29) is 68.4 Å². The number of aromatic nitrogens is 9. The van der Waals surface area contributed by atoms with Crippen molar-refractivity contribution in [1.29, 1.82) is 0 Å². The van der Waals surface area contributed by atoms with Gasteiger partial charge in [0.1, 0.15) is 53.8 Å². The SMILES string of the molecule is CO[C@H]1C[C@@H]2CC[C@@H](C)[C@@](O)(O2)C(=O)C(=O)N2CCCC[C@H]2C(=O)O[C@H]([C@H](N)C[C@@H]2CC[C@@H](OC(=O)NCc3cnc(N4CCN(C(=O)CCOCCN5CCN(c6ncc(C(=O)N7CCc8cc(Cn9nc(-c%10ccc%11oc(N)nc%11c%10)c%10c(N)ncnc%109)ccc8C7)cn6)CC5)CC4)nc3)[C@H](OC)C2)C[C@@H](OC)[C@H](C)/C=C(\C)[C@@H](O)[C@@H](O)C(=O)[C@H](C)C[C@H](C)/C=C/C=CC=C1C. The monoisotopic (exact) mass is 1840 g/mol. The van der Waals surface area contributed by atoms with Gasteiger partial charge in [0.05, 0.1) is 61.5 Å². The number of benzene rings is 2. The van der Waals surface area contributed by atoms with Gasteiger partial charge >= 0.3 is 12.1 Å². The van der Waals surface area contributed by atoms with E-state index in [1.807, 2.05) is 88.7 Å². The van der Waals surface area contributed by atoms with Crippen LogP contribution < -0.4 is 32.3 Å². The fourth-order valence-electron chi connectivity index (χ4n) is 19.4. The van der Waals surface area contributed by atoms with Gasteiger partial charge in [-0.3, -0.25) is 28.9 Å². The number of carbonyl (C=O) groups is 7. The quantitative estimate of drug-likeness (QED) is 0.0159. The number of piperazine rings is 2. The molecule has 37 heteroatoms. The number of esters is 1. The largest absolute Gasteiger partial charge is 0.459 e. The highest BCUT2D eigenvalue weighted by molar-refractivity contribution is 6.39. The van der Waals surface area contributed by atoms with Gasteiger partial charge in [0.2, 0.25) is 23.6 Å². The van der Waals surface area contributed by atoms with Crippen LogP contribution in [-0.2, 0) is 83.2 Å². The molecule has 7 aliphatic rings. The number of nitrogens with one attached hydrogen (secondary N) is 1. The molecule has 0 radical (unpaired) electrons. The fourth-order valence-corrected chi connectivity index (χ4v) is 19.4. The van der Waals surface area contributed by atoms with Gasteiger partial charge in [-0.05, 0) is 142 Å². The Morgan fingerprint density at radius 1 is 0.707 bits per heavy atom. The molecule has 5 aromatic heterocycles. The summed E-state index contributed by atoms with van der Waals surface area (Å²) in [5.74, 6) is -6.82. The maximum absolute atomic E-state index is 14.9. The number of hydrogen-bond acceptors (Lipinski definition) is 32. The topological polar surface area (TPSA) is 476 Å². The predicted octanol–water partition coefficient (Wildman–Crippen LogP) is 7.41. The number of nitrogen functional groups attached to an aromatic ring is 2. The minimum atomic E-state index is -2.49. The number of alkyl carbamates (subject to hydrolysis) is 1. The third-order valence-electron chi connectivity index (χ3n) is 27.4. The van der Waals surface area contributed by atoms with Crippen LogP contribution in [0, 0.1) is 29.6 Å². The number of fused-ring (bicyclic) bond motifs is 6. The normalized spacial score (nSPS) is 27.7. The molecule has 16 atom stereocenters. The van der Waals surface area contributed by atoms with E-state index in [9.17, 15) is 48.9 Å². The Labute approximate surface area is 774 Å². The summed E-state index contributed by atoms with van der Waals surface area (Å²) in [6.45, 7) is 18.7. The number of carbonyl (C=O) groups excluding carboxylic acids is 7. The smallest absolute Gasteiger partial charge is 0.407 e. The number of piperidine rings is 1. The molecule has 133 heavy (non-hydrogen) atoms. The van der Waals surface area contributed by atoms with E-state index in [2.05, 4.69) is 62.1 Å². The average Bonchev–Trinajstić information content (AvgIpc) is 1.62. The summed E-state index contributed by atoms with van der Waals surface area (Å²) in [6, 6.07) is 9.83. The van der Waals surface area contributed by atoms with Crippen molar-refractivity contribution in [3.05, 3.63) is 143 Å². The van der Waals surface area contributed by atoms with Crippen molar-refractivity contribution >= 4 is 87.2 Å². The Hall–Kier alpha value is -11.1. The summed E-state index contributed by atoms with van der Waals surface area (Å²) >= 11 is 0. The number of ether oxygens (including phenoxy) is 7. The Balaban J connectivity index is 0.500. The van der Waals surface area contributed by atoms with Crippen molar-refractivity contribution in [1.82, 2.24) is 69.6 Å². The van der Waals surface area contributed by atoms with Crippen molar-refractivity contribution in [2.45, 2.75) is 218 Å². The maximum atomic E-state index is 14.9. The van der Waals surface area contributed by atoms with Crippen LogP contribution in [0.1, 0.15) is 158 Å². The Kier molecular flexibility index (Phi) is 33.0. The number of aliphatic hydroxyl groups is 3. The van der Waals surface area contributed by atoms with Gasteiger partial charge in [-0.15, -0.1) is 0 Å². The number of hydrogen-bond donors (Lipinski definition) is 7. The van der Waals surface area contributed by atoms with Crippen LogP contribution in [-0.4, -0.2) is 294 Å². The Bertz CT molecular complexity index is 5340. The van der Waals surface area contributed by atoms with Gasteiger partial charge in [-0.1, -0.05) is 82.4 Å². The van der Waals surface area contributed by atoms with E-state index in [1.54, 1.807) is 71.9 Å². The number of rotatable bonds is 21. The molecular weight excluding hydrogens is 1710 g/mol. The molecule has 11 heterocycles. The summed E-state index contributed by atoms with van der Waals surface area (Å²) in [6.07, 6.45) is 16.5. The molecule has 37 nitrogen and oxygen atoms in total. The first-order valence-electron chi connectivity index (χ1n) is 46.6. The summed E-state index contributed by atoms with van der Waals surface area (Å²) in [5, 5.41) is 43.5. The molecule has 716 valence electrons. The number of ketones is 2. The maximum Gasteiger partial charge on any atom is 0.407 e. The number of amides is 4. The number of aliphatic hydroxyl groups excluding tert-OH is 2. The van der Waals surface area contributed by atoms with Crippen molar-refractivity contribution < 1.29 is 86.5 Å². The van der Waals surface area contributed by atoms with Crippen molar-refractivity contribution in [3.63, 3.8) is 0 Å². The summed E-state index contributed by atoms with van der Waals surface area (Å²) in [7, 11) is 4.60. The summed E-state index contributed by atoms with van der Waals surface area (Å²) < 4.78 is 50.0. The van der Waals surface area contributed by atoms with Crippen LogP contribution >= 0.6 is 0 Å². The van der Waals surface area contributed by atoms with E-state index < -0.39 is 114 Å². The highest BCUT2D eigenvalue weighted by Gasteiger charge is 2.54. The minimum Gasteiger partial charge on any atom is -0.459 e. The molecule has 6 aliphatic heterocycles. The number of cyclic esters (lactones) is 1. The van der Waals surface area contributed by atoms with Crippen molar-refractivity contribution in [2.75, 3.05) is 128 Å². The molecule has 4 amide bonds. The van der Waals surface area contributed by atoms with Gasteiger partial charge in [0.25, 0.3) is 23.6 Å². The Morgan fingerprint density at radius 2 is 1.44 bits per heavy atom. The van der Waals surface area contributed by atoms with Gasteiger partial charge in [-0.2, -0.15) is 10.1 Å². The molecule has 4 saturated heterocycles.